The maximum absolute atomic E-state index is 13.5. The molecule has 0 saturated carbocycles. The number of nitrogens with two attached hydrogens (primary N) is 1. The number of rotatable bonds is 4. The highest BCUT2D eigenvalue weighted by Gasteiger charge is 2.44. The fourth-order valence-electron chi connectivity index (χ4n) is 3.12. The number of ether oxygens (including phenoxy) is 2. The van der Waals surface area contributed by atoms with Crippen LogP contribution in [0, 0.1) is 17.1 Å². The SMILES string of the molecule is CCOC(=O)C1=C2SC(C(=O)OC)=CC(=O)N2C(N)=C(C#N)[C@H]1c1ccc(F)cc1. The van der Waals surface area contributed by atoms with Gasteiger partial charge in [-0.05, 0) is 24.6 Å². The lowest BCUT2D eigenvalue weighted by Gasteiger charge is -2.36. The molecule has 0 bridgehead atoms. The number of hydrogen-bond donors (Lipinski definition) is 1. The minimum absolute atomic E-state index is 0.0329. The fraction of sp³-hybridized carbons (Fsp3) is 0.200. The Hall–Kier alpha value is -3.58. The van der Waals surface area contributed by atoms with Crippen molar-refractivity contribution in [3.05, 3.63) is 68.6 Å². The van der Waals surface area contributed by atoms with Gasteiger partial charge in [0.05, 0.1) is 36.9 Å². The highest BCUT2D eigenvalue weighted by Crippen LogP contribution is 2.48. The van der Waals surface area contributed by atoms with Crippen LogP contribution in [0.2, 0.25) is 0 Å². The summed E-state index contributed by atoms with van der Waals surface area (Å²) in [6.45, 7) is 1.64. The van der Waals surface area contributed by atoms with E-state index < -0.39 is 29.6 Å². The molecule has 8 nitrogen and oxygen atoms in total. The summed E-state index contributed by atoms with van der Waals surface area (Å²) in [6, 6.07) is 7.12. The standard InChI is InChI=1S/C20H16FN3O5S/c1-3-29-20(27)16-15(10-4-6-11(21)7-5-10)12(9-22)17(23)24-14(25)8-13(19(26)28-2)30-18(16)24/h4-8,15H,3,23H2,1-2H3/t15-/m1/s1. The van der Waals surface area contributed by atoms with Gasteiger partial charge in [-0.1, -0.05) is 23.9 Å². The molecule has 30 heavy (non-hydrogen) atoms. The van der Waals surface area contributed by atoms with Gasteiger partial charge >= 0.3 is 11.9 Å². The van der Waals surface area contributed by atoms with Crippen LogP contribution < -0.4 is 5.73 Å². The Morgan fingerprint density at radius 1 is 1.30 bits per heavy atom. The largest absolute Gasteiger partial charge is 0.465 e. The molecule has 2 aliphatic rings. The van der Waals surface area contributed by atoms with Crippen LogP contribution in [0.3, 0.4) is 0 Å². The van der Waals surface area contributed by atoms with Crippen molar-refractivity contribution < 1.29 is 28.2 Å². The Morgan fingerprint density at radius 2 is 1.97 bits per heavy atom. The number of benzene rings is 1. The number of amides is 1. The summed E-state index contributed by atoms with van der Waals surface area (Å²) >= 11 is 0.805. The first-order chi connectivity index (χ1) is 14.3. The van der Waals surface area contributed by atoms with E-state index in [1.165, 1.54) is 24.3 Å². The van der Waals surface area contributed by atoms with Crippen LogP contribution >= 0.6 is 11.8 Å². The van der Waals surface area contributed by atoms with Crippen molar-refractivity contribution in [2.75, 3.05) is 13.7 Å². The van der Waals surface area contributed by atoms with Crippen LogP contribution in [-0.2, 0) is 23.9 Å². The lowest BCUT2D eigenvalue weighted by Crippen LogP contribution is -2.41. The zero-order chi connectivity index (χ0) is 22.0. The number of carbonyl (C=O) groups excluding carboxylic acids is 3. The van der Waals surface area contributed by atoms with Crippen LogP contribution in [0.1, 0.15) is 18.4 Å². The number of methoxy groups -OCH3 is 1. The molecule has 0 saturated heterocycles. The van der Waals surface area contributed by atoms with Crippen molar-refractivity contribution in [3.8, 4) is 6.07 Å². The molecule has 154 valence electrons. The van der Waals surface area contributed by atoms with Gasteiger partial charge in [-0.25, -0.2) is 14.0 Å². The van der Waals surface area contributed by atoms with E-state index in [1.807, 2.05) is 6.07 Å². The van der Waals surface area contributed by atoms with Crippen molar-refractivity contribution in [2.24, 2.45) is 5.73 Å². The fourth-order valence-corrected chi connectivity index (χ4v) is 4.25. The maximum Gasteiger partial charge on any atom is 0.344 e. The van der Waals surface area contributed by atoms with E-state index in [2.05, 4.69) is 4.74 Å². The molecular weight excluding hydrogens is 413 g/mol. The molecule has 0 aromatic heterocycles. The van der Waals surface area contributed by atoms with Gasteiger partial charge in [0.25, 0.3) is 5.91 Å². The second kappa shape index (κ2) is 8.42. The summed E-state index contributed by atoms with van der Waals surface area (Å²) < 4.78 is 23.3. The van der Waals surface area contributed by atoms with E-state index in [0.717, 1.165) is 29.8 Å². The predicted molar refractivity (Wildman–Crippen MR) is 104 cm³/mol. The predicted octanol–water partition coefficient (Wildman–Crippen LogP) is 2.02. The van der Waals surface area contributed by atoms with Gasteiger partial charge in [-0.2, -0.15) is 5.26 Å². The molecule has 0 radical (unpaired) electrons. The van der Waals surface area contributed by atoms with Gasteiger partial charge in [0.15, 0.2) is 0 Å². The van der Waals surface area contributed by atoms with Gasteiger partial charge in [0.1, 0.15) is 21.6 Å². The molecule has 0 unspecified atom stereocenters. The highest BCUT2D eigenvalue weighted by atomic mass is 32.2. The summed E-state index contributed by atoms with van der Waals surface area (Å²) in [5, 5.41) is 9.80. The first kappa shape index (κ1) is 21.1. The number of fused-ring (bicyclic) bond motifs is 1. The van der Waals surface area contributed by atoms with Gasteiger partial charge in [0.2, 0.25) is 0 Å². The van der Waals surface area contributed by atoms with Crippen LogP contribution in [0.15, 0.2) is 57.2 Å². The topological polar surface area (TPSA) is 123 Å². The molecule has 2 aliphatic heterocycles. The summed E-state index contributed by atoms with van der Waals surface area (Å²) in [5.74, 6) is -3.98. The molecule has 1 aromatic rings. The van der Waals surface area contributed by atoms with Crippen molar-refractivity contribution in [2.45, 2.75) is 12.8 Å². The monoisotopic (exact) mass is 429 g/mol. The quantitative estimate of drug-likeness (QED) is 0.722. The van der Waals surface area contributed by atoms with Crippen molar-refractivity contribution in [1.82, 2.24) is 4.90 Å². The number of allylic oxidation sites excluding steroid dienone is 1. The summed E-state index contributed by atoms with van der Waals surface area (Å²) in [6.07, 6.45) is 1.02. The van der Waals surface area contributed by atoms with Gasteiger partial charge in [0, 0.05) is 6.08 Å². The van der Waals surface area contributed by atoms with E-state index in [9.17, 15) is 24.0 Å². The van der Waals surface area contributed by atoms with Crippen molar-refractivity contribution in [1.29, 1.82) is 5.26 Å². The van der Waals surface area contributed by atoms with E-state index in [0.29, 0.717) is 5.56 Å². The second-order valence-corrected chi connectivity index (χ2v) is 7.14. The molecule has 10 heteroatoms. The van der Waals surface area contributed by atoms with Crippen molar-refractivity contribution >= 4 is 29.6 Å². The number of nitriles is 1. The Bertz CT molecular complexity index is 1070. The molecule has 3 rings (SSSR count). The number of esters is 2. The normalized spacial score (nSPS) is 18.5. The zero-order valence-corrected chi connectivity index (χ0v) is 16.8. The number of thioether (sulfide) groups is 1. The number of hydrogen-bond acceptors (Lipinski definition) is 8. The van der Waals surface area contributed by atoms with Gasteiger partial charge < -0.3 is 15.2 Å². The molecule has 0 spiro atoms. The Kier molecular flexibility index (Phi) is 5.94. The van der Waals surface area contributed by atoms with Gasteiger partial charge in [-0.3, -0.25) is 9.69 Å². The first-order valence-corrected chi connectivity index (χ1v) is 9.54. The number of carbonyl (C=O) groups is 3. The molecular formula is C20H16FN3O5S. The molecule has 2 heterocycles. The first-order valence-electron chi connectivity index (χ1n) is 8.72. The number of nitrogens with zero attached hydrogens (tertiary/aromatic N) is 2. The van der Waals surface area contributed by atoms with Crippen LogP contribution in [0.4, 0.5) is 4.39 Å². The van der Waals surface area contributed by atoms with Crippen LogP contribution in [0.5, 0.6) is 0 Å². The summed E-state index contributed by atoms with van der Waals surface area (Å²) in [4.78, 5) is 38.6. The molecule has 1 amide bonds. The smallest absolute Gasteiger partial charge is 0.344 e. The van der Waals surface area contributed by atoms with Crippen LogP contribution in [0.25, 0.3) is 0 Å². The zero-order valence-electron chi connectivity index (χ0n) is 16.0. The van der Waals surface area contributed by atoms with E-state index >= 15 is 0 Å². The molecule has 0 fully saturated rings. The minimum Gasteiger partial charge on any atom is -0.465 e. The average molecular weight is 429 g/mol. The lowest BCUT2D eigenvalue weighted by molar-refractivity contribution is -0.139. The van der Waals surface area contributed by atoms with E-state index in [1.54, 1.807) is 6.92 Å². The van der Waals surface area contributed by atoms with Gasteiger partial charge in [-0.15, -0.1) is 0 Å². The Labute approximate surface area is 175 Å². The average Bonchev–Trinajstić information content (AvgIpc) is 2.73. The second-order valence-electron chi connectivity index (χ2n) is 6.11. The van der Waals surface area contributed by atoms with E-state index in [4.69, 9.17) is 10.5 Å². The molecule has 2 N–H and O–H groups in total. The maximum atomic E-state index is 13.5. The Balaban J connectivity index is 2.30. The highest BCUT2D eigenvalue weighted by molar-refractivity contribution is 8.07. The number of halogens is 1. The van der Waals surface area contributed by atoms with E-state index in [-0.39, 0.29) is 33.5 Å². The molecule has 1 aromatic carbocycles. The Morgan fingerprint density at radius 3 is 2.53 bits per heavy atom. The third-order valence-corrected chi connectivity index (χ3v) is 5.52. The van der Waals surface area contributed by atoms with Crippen LogP contribution in [-0.4, -0.2) is 36.5 Å². The lowest BCUT2D eigenvalue weighted by atomic mass is 9.83. The molecule has 0 aliphatic carbocycles. The van der Waals surface area contributed by atoms with Crippen molar-refractivity contribution in [3.63, 3.8) is 0 Å². The third kappa shape index (κ3) is 3.55. The molecule has 1 atom stereocenters. The summed E-state index contributed by atoms with van der Waals surface area (Å²) in [7, 11) is 1.16. The minimum atomic E-state index is -1.02. The third-order valence-electron chi connectivity index (χ3n) is 4.42. The summed E-state index contributed by atoms with van der Waals surface area (Å²) in [5.41, 5.74) is 6.40.